The lowest BCUT2D eigenvalue weighted by molar-refractivity contribution is -0.128. The Kier molecular flexibility index (Phi) is 6.11. The van der Waals surface area contributed by atoms with Gasteiger partial charge in [0.2, 0.25) is 5.91 Å². The molecule has 2 aliphatic rings. The molecule has 1 heterocycles. The van der Waals surface area contributed by atoms with E-state index < -0.39 is 5.54 Å². The van der Waals surface area contributed by atoms with Crippen molar-refractivity contribution in [1.82, 2.24) is 4.90 Å². The number of aliphatic hydroxyl groups is 1. The molecule has 2 aromatic carbocycles. The lowest BCUT2D eigenvalue weighted by Crippen LogP contribution is -2.61. The van der Waals surface area contributed by atoms with E-state index in [0.29, 0.717) is 42.1 Å². The molecule has 1 fully saturated rings. The summed E-state index contributed by atoms with van der Waals surface area (Å²) in [6, 6.07) is 9.06. The molecule has 0 saturated heterocycles. The molecule has 0 spiro atoms. The van der Waals surface area contributed by atoms with Gasteiger partial charge in [-0.15, -0.1) is 0 Å². The lowest BCUT2D eigenvalue weighted by Gasteiger charge is -2.47. The fraction of sp³-hybridized carbons (Fsp3) is 0.440. The predicted molar refractivity (Wildman–Crippen MR) is 124 cm³/mol. The first kappa shape index (κ1) is 22.1. The molecular weight excluding hydrogens is 406 g/mol. The summed E-state index contributed by atoms with van der Waals surface area (Å²) >= 11 is 0. The average molecular weight is 438 g/mol. The van der Waals surface area contributed by atoms with Gasteiger partial charge in [-0.05, 0) is 49.4 Å². The Morgan fingerprint density at radius 1 is 1.16 bits per heavy atom. The number of aryl methyl sites for hydroxylation is 2. The highest BCUT2D eigenvalue weighted by Crippen LogP contribution is 2.40. The molecule has 0 radical (unpaired) electrons. The number of amides is 3. The van der Waals surface area contributed by atoms with E-state index in [1.54, 1.807) is 12.0 Å². The number of fused-ring (bicyclic) bond motifs is 1. The number of hydrogen-bond donors (Lipinski definition) is 3. The van der Waals surface area contributed by atoms with Crippen LogP contribution in [-0.2, 0) is 17.9 Å². The lowest BCUT2D eigenvalue weighted by atomic mass is 9.78. The van der Waals surface area contributed by atoms with Crippen LogP contribution in [0.15, 0.2) is 30.3 Å². The topological polar surface area (TPSA) is 90.9 Å². The van der Waals surface area contributed by atoms with E-state index in [0.717, 1.165) is 36.0 Å². The summed E-state index contributed by atoms with van der Waals surface area (Å²) in [6.45, 7) is 4.13. The van der Waals surface area contributed by atoms with Gasteiger partial charge in [0.1, 0.15) is 11.3 Å². The number of carbonyl (C=O) groups excluding carboxylic acids is 2. The Morgan fingerprint density at radius 2 is 1.88 bits per heavy atom. The summed E-state index contributed by atoms with van der Waals surface area (Å²) < 4.78 is 5.40. The smallest absolute Gasteiger partial charge is 0.323 e. The van der Waals surface area contributed by atoms with Crippen LogP contribution in [0.2, 0.25) is 0 Å². The Morgan fingerprint density at radius 3 is 2.56 bits per heavy atom. The van der Waals surface area contributed by atoms with E-state index in [-0.39, 0.29) is 18.5 Å². The van der Waals surface area contributed by atoms with Crippen LogP contribution in [0.1, 0.15) is 54.4 Å². The molecule has 7 heteroatoms. The summed E-state index contributed by atoms with van der Waals surface area (Å²) in [5.41, 5.74) is 4.04. The fourth-order valence-electron chi connectivity index (χ4n) is 4.94. The third-order valence-electron chi connectivity index (χ3n) is 6.88. The van der Waals surface area contributed by atoms with Gasteiger partial charge < -0.3 is 25.4 Å². The van der Waals surface area contributed by atoms with Gasteiger partial charge in [0.15, 0.2) is 0 Å². The molecular formula is C25H31N3O4. The Bertz CT molecular complexity index is 1040. The van der Waals surface area contributed by atoms with Crippen LogP contribution in [0, 0.1) is 13.8 Å². The van der Waals surface area contributed by atoms with E-state index in [9.17, 15) is 14.7 Å². The van der Waals surface area contributed by atoms with Gasteiger partial charge in [0, 0.05) is 17.3 Å². The predicted octanol–water partition coefficient (Wildman–Crippen LogP) is 4.49. The number of anilines is 2. The molecule has 1 aliphatic carbocycles. The molecule has 1 saturated carbocycles. The maximum absolute atomic E-state index is 13.7. The number of methoxy groups -OCH3 is 1. The van der Waals surface area contributed by atoms with Gasteiger partial charge in [-0.1, -0.05) is 37.5 Å². The molecule has 4 rings (SSSR count). The normalized spacial score (nSPS) is 17.4. The SMILES string of the molecule is COc1cc(NC(=O)C2(N3Cc4c(C)ccc(CO)c4NC3=O)CCCCC2)ccc1C. The molecule has 32 heavy (non-hydrogen) atoms. The second kappa shape index (κ2) is 8.82. The van der Waals surface area contributed by atoms with Gasteiger partial charge in [-0.2, -0.15) is 0 Å². The summed E-state index contributed by atoms with van der Waals surface area (Å²) in [7, 11) is 1.61. The van der Waals surface area contributed by atoms with Crippen LogP contribution in [0.3, 0.4) is 0 Å². The second-order valence-corrected chi connectivity index (χ2v) is 8.80. The molecule has 7 nitrogen and oxygen atoms in total. The monoisotopic (exact) mass is 437 g/mol. The first-order valence-electron chi connectivity index (χ1n) is 11.2. The van der Waals surface area contributed by atoms with Crippen LogP contribution >= 0.6 is 0 Å². The largest absolute Gasteiger partial charge is 0.496 e. The Balaban J connectivity index is 1.69. The third-order valence-corrected chi connectivity index (χ3v) is 6.88. The number of nitrogens with zero attached hydrogens (tertiary/aromatic N) is 1. The zero-order valence-corrected chi connectivity index (χ0v) is 19.0. The van der Waals surface area contributed by atoms with E-state index in [1.807, 2.05) is 44.2 Å². The van der Waals surface area contributed by atoms with Crippen LogP contribution in [-0.4, -0.2) is 34.6 Å². The third kappa shape index (κ3) is 3.81. The van der Waals surface area contributed by atoms with Crippen molar-refractivity contribution in [3.05, 3.63) is 52.6 Å². The van der Waals surface area contributed by atoms with Crippen molar-refractivity contribution in [2.45, 2.75) is 64.6 Å². The molecule has 0 bridgehead atoms. The summed E-state index contributed by atoms with van der Waals surface area (Å²) in [5, 5.41) is 15.7. The number of aliphatic hydroxyl groups excluding tert-OH is 1. The quantitative estimate of drug-likeness (QED) is 0.643. The molecule has 3 amide bonds. The van der Waals surface area contributed by atoms with Gasteiger partial charge in [-0.25, -0.2) is 4.79 Å². The zero-order chi connectivity index (χ0) is 22.9. The van der Waals surface area contributed by atoms with Crippen molar-refractivity contribution in [3.63, 3.8) is 0 Å². The first-order chi connectivity index (χ1) is 15.4. The van der Waals surface area contributed by atoms with E-state index in [4.69, 9.17) is 4.74 Å². The van der Waals surface area contributed by atoms with Crippen molar-refractivity contribution in [2.24, 2.45) is 0 Å². The molecule has 3 N–H and O–H groups in total. The molecule has 1 aliphatic heterocycles. The number of hydrogen-bond acceptors (Lipinski definition) is 4. The van der Waals surface area contributed by atoms with Crippen molar-refractivity contribution in [1.29, 1.82) is 0 Å². The molecule has 0 atom stereocenters. The summed E-state index contributed by atoms with van der Waals surface area (Å²) in [5.74, 6) is 0.537. The van der Waals surface area contributed by atoms with Crippen LogP contribution in [0.25, 0.3) is 0 Å². The molecule has 0 unspecified atom stereocenters. The molecule has 0 aromatic heterocycles. The minimum Gasteiger partial charge on any atom is -0.496 e. The molecule has 170 valence electrons. The van der Waals surface area contributed by atoms with Crippen LogP contribution in [0.4, 0.5) is 16.2 Å². The highest BCUT2D eigenvalue weighted by atomic mass is 16.5. The number of urea groups is 1. The second-order valence-electron chi connectivity index (χ2n) is 8.80. The standard InChI is InChI=1S/C25H31N3O4/c1-16-7-9-18(15-29)22-20(16)14-28(24(31)27-22)25(11-5-4-6-12-25)23(30)26-19-10-8-17(2)21(13-19)32-3/h7-10,13,29H,4-6,11-12,14-15H2,1-3H3,(H,26,30)(H,27,31). The van der Waals surface area contributed by atoms with E-state index in [2.05, 4.69) is 10.6 Å². The number of rotatable bonds is 5. The first-order valence-corrected chi connectivity index (χ1v) is 11.2. The van der Waals surface area contributed by atoms with Crippen molar-refractivity contribution in [3.8, 4) is 5.75 Å². The number of nitrogens with one attached hydrogen (secondary N) is 2. The van der Waals surface area contributed by atoms with Crippen molar-refractivity contribution in [2.75, 3.05) is 17.7 Å². The minimum absolute atomic E-state index is 0.149. The number of carbonyl (C=O) groups is 2. The van der Waals surface area contributed by atoms with E-state index in [1.165, 1.54) is 0 Å². The minimum atomic E-state index is -0.931. The number of ether oxygens (including phenoxy) is 1. The van der Waals surface area contributed by atoms with Crippen molar-refractivity contribution < 1.29 is 19.4 Å². The van der Waals surface area contributed by atoms with Gasteiger partial charge in [0.25, 0.3) is 0 Å². The maximum atomic E-state index is 13.7. The fourth-order valence-corrected chi connectivity index (χ4v) is 4.94. The van der Waals surface area contributed by atoms with Crippen LogP contribution in [0.5, 0.6) is 5.75 Å². The molecule has 2 aromatic rings. The zero-order valence-electron chi connectivity index (χ0n) is 19.0. The van der Waals surface area contributed by atoms with Gasteiger partial charge in [-0.3, -0.25) is 4.79 Å². The highest BCUT2D eigenvalue weighted by Gasteiger charge is 2.48. The van der Waals surface area contributed by atoms with Gasteiger partial charge in [0.05, 0.1) is 25.9 Å². The Labute approximate surface area is 188 Å². The number of benzene rings is 2. The highest BCUT2D eigenvalue weighted by molar-refractivity contribution is 6.03. The van der Waals surface area contributed by atoms with Gasteiger partial charge >= 0.3 is 6.03 Å². The maximum Gasteiger partial charge on any atom is 0.323 e. The Hall–Kier alpha value is -3.06. The van der Waals surface area contributed by atoms with Crippen LogP contribution < -0.4 is 15.4 Å². The van der Waals surface area contributed by atoms with Crippen molar-refractivity contribution >= 4 is 23.3 Å². The summed E-state index contributed by atoms with van der Waals surface area (Å²) in [6.07, 6.45) is 4.05. The van der Waals surface area contributed by atoms with E-state index >= 15 is 0 Å². The summed E-state index contributed by atoms with van der Waals surface area (Å²) in [4.78, 5) is 28.7. The average Bonchev–Trinajstić information content (AvgIpc) is 2.80.